The standard InChI is InChI=1S/C12H12ClN5S/c1-18-11(9-3-5-15-10(7-9)8-14)16-17-12(18)19-6-2-4-13/h3,5,7H,2,4,6H2,1H3. The third-order valence-corrected chi connectivity index (χ3v) is 3.85. The van der Waals surface area contributed by atoms with E-state index in [4.69, 9.17) is 16.9 Å². The van der Waals surface area contributed by atoms with Crippen molar-refractivity contribution in [2.75, 3.05) is 11.6 Å². The van der Waals surface area contributed by atoms with Gasteiger partial charge in [-0.15, -0.1) is 21.8 Å². The molecule has 0 saturated carbocycles. The molecule has 0 N–H and O–H groups in total. The predicted molar refractivity (Wildman–Crippen MR) is 75.0 cm³/mol. The van der Waals surface area contributed by atoms with Gasteiger partial charge < -0.3 is 4.57 Å². The van der Waals surface area contributed by atoms with Gasteiger partial charge in [-0.25, -0.2) is 4.98 Å². The molecule has 0 bridgehead atoms. The third-order valence-electron chi connectivity index (χ3n) is 2.48. The maximum atomic E-state index is 8.85. The van der Waals surface area contributed by atoms with Crippen molar-refractivity contribution in [2.45, 2.75) is 11.6 Å². The van der Waals surface area contributed by atoms with Gasteiger partial charge >= 0.3 is 0 Å². The van der Waals surface area contributed by atoms with E-state index < -0.39 is 0 Å². The minimum Gasteiger partial charge on any atom is -0.305 e. The molecule has 2 heterocycles. The van der Waals surface area contributed by atoms with Crippen molar-refractivity contribution >= 4 is 23.4 Å². The zero-order chi connectivity index (χ0) is 13.7. The van der Waals surface area contributed by atoms with E-state index in [1.54, 1.807) is 24.0 Å². The molecule has 2 rings (SSSR count). The number of thioether (sulfide) groups is 1. The second-order valence-electron chi connectivity index (χ2n) is 3.80. The molecule has 0 amide bonds. The van der Waals surface area contributed by atoms with E-state index >= 15 is 0 Å². The number of alkyl halides is 1. The van der Waals surface area contributed by atoms with Crippen LogP contribution in [0.2, 0.25) is 0 Å². The average Bonchev–Trinajstić information content (AvgIpc) is 2.81. The highest BCUT2D eigenvalue weighted by molar-refractivity contribution is 7.99. The summed E-state index contributed by atoms with van der Waals surface area (Å²) in [6, 6.07) is 5.54. The van der Waals surface area contributed by atoms with Crippen LogP contribution in [0.3, 0.4) is 0 Å². The predicted octanol–water partition coefficient (Wildman–Crippen LogP) is 2.47. The zero-order valence-electron chi connectivity index (χ0n) is 10.4. The number of nitrogens with zero attached hydrogens (tertiary/aromatic N) is 5. The van der Waals surface area contributed by atoms with Gasteiger partial charge in [-0.1, -0.05) is 11.8 Å². The van der Waals surface area contributed by atoms with Crippen molar-refractivity contribution in [1.82, 2.24) is 19.7 Å². The smallest absolute Gasteiger partial charge is 0.191 e. The lowest BCUT2D eigenvalue weighted by atomic mass is 10.2. The highest BCUT2D eigenvalue weighted by Crippen LogP contribution is 2.23. The lowest BCUT2D eigenvalue weighted by molar-refractivity contribution is 0.793. The first kappa shape index (κ1) is 13.8. The largest absolute Gasteiger partial charge is 0.305 e. The van der Waals surface area contributed by atoms with Gasteiger partial charge in [-0.2, -0.15) is 5.26 Å². The molecule has 7 heteroatoms. The summed E-state index contributed by atoms with van der Waals surface area (Å²) in [6.45, 7) is 0. The third kappa shape index (κ3) is 3.25. The number of nitriles is 1. The Kier molecular flexibility index (Phi) is 4.77. The second kappa shape index (κ2) is 6.55. The van der Waals surface area contributed by atoms with Gasteiger partial charge in [0.15, 0.2) is 11.0 Å². The van der Waals surface area contributed by atoms with E-state index in [2.05, 4.69) is 15.2 Å². The van der Waals surface area contributed by atoms with Crippen LogP contribution in [-0.4, -0.2) is 31.4 Å². The van der Waals surface area contributed by atoms with Crippen LogP contribution in [0, 0.1) is 11.3 Å². The lowest BCUT2D eigenvalue weighted by Gasteiger charge is -2.03. The number of pyridine rings is 1. The summed E-state index contributed by atoms with van der Waals surface area (Å²) < 4.78 is 1.91. The fraction of sp³-hybridized carbons (Fsp3) is 0.333. The Morgan fingerprint density at radius 3 is 3.05 bits per heavy atom. The summed E-state index contributed by atoms with van der Waals surface area (Å²) in [6.07, 6.45) is 2.53. The molecule has 2 aromatic rings. The molecular weight excluding hydrogens is 282 g/mol. The summed E-state index contributed by atoms with van der Waals surface area (Å²) in [5.41, 5.74) is 1.21. The van der Waals surface area contributed by atoms with Crippen LogP contribution in [0.4, 0.5) is 0 Å². The molecule has 0 radical (unpaired) electrons. The Bertz CT molecular complexity index is 604. The molecule has 0 aliphatic rings. The first-order chi connectivity index (χ1) is 9.26. The maximum Gasteiger partial charge on any atom is 0.191 e. The molecule has 19 heavy (non-hydrogen) atoms. The Morgan fingerprint density at radius 2 is 2.32 bits per heavy atom. The monoisotopic (exact) mass is 293 g/mol. The number of aromatic nitrogens is 4. The van der Waals surface area contributed by atoms with E-state index in [-0.39, 0.29) is 0 Å². The average molecular weight is 294 g/mol. The van der Waals surface area contributed by atoms with Crippen molar-refractivity contribution in [3.63, 3.8) is 0 Å². The van der Waals surface area contributed by atoms with Crippen LogP contribution < -0.4 is 0 Å². The second-order valence-corrected chi connectivity index (χ2v) is 5.24. The van der Waals surface area contributed by atoms with Crippen LogP contribution in [0.15, 0.2) is 23.5 Å². The Labute approximate surface area is 120 Å². The first-order valence-corrected chi connectivity index (χ1v) is 7.23. The summed E-state index contributed by atoms with van der Waals surface area (Å²) in [5, 5.41) is 18.0. The highest BCUT2D eigenvalue weighted by atomic mass is 35.5. The summed E-state index contributed by atoms with van der Waals surface area (Å²) in [7, 11) is 1.91. The SMILES string of the molecule is Cn1c(SCCCCl)nnc1-c1ccnc(C#N)c1. The molecule has 98 valence electrons. The van der Waals surface area contributed by atoms with Gasteiger partial charge in [0.05, 0.1) is 0 Å². The molecule has 2 aromatic heterocycles. The van der Waals surface area contributed by atoms with Gasteiger partial charge in [0.25, 0.3) is 0 Å². The van der Waals surface area contributed by atoms with Crippen molar-refractivity contribution in [2.24, 2.45) is 7.05 Å². The molecule has 0 saturated heterocycles. The number of halogens is 1. The molecule has 0 aliphatic carbocycles. The van der Waals surface area contributed by atoms with Crippen LogP contribution in [0.1, 0.15) is 12.1 Å². The van der Waals surface area contributed by atoms with Crippen molar-refractivity contribution in [1.29, 1.82) is 5.26 Å². The molecular formula is C12H12ClN5S. The lowest BCUT2D eigenvalue weighted by Crippen LogP contribution is -1.96. The zero-order valence-corrected chi connectivity index (χ0v) is 11.9. The van der Waals surface area contributed by atoms with Crippen LogP contribution in [-0.2, 0) is 7.05 Å². The van der Waals surface area contributed by atoms with E-state index in [1.807, 2.05) is 23.8 Å². The molecule has 0 unspecified atom stereocenters. The fourth-order valence-corrected chi connectivity index (χ4v) is 2.68. The highest BCUT2D eigenvalue weighted by Gasteiger charge is 2.11. The molecule has 0 spiro atoms. The molecule has 0 atom stereocenters. The Hall–Kier alpha value is -1.58. The van der Waals surface area contributed by atoms with E-state index in [9.17, 15) is 0 Å². The minimum atomic E-state index is 0.372. The number of hydrogen-bond acceptors (Lipinski definition) is 5. The molecule has 0 aliphatic heterocycles. The minimum absolute atomic E-state index is 0.372. The normalized spacial score (nSPS) is 10.4. The van der Waals surface area contributed by atoms with E-state index in [1.165, 1.54) is 0 Å². The van der Waals surface area contributed by atoms with E-state index in [0.717, 1.165) is 28.7 Å². The van der Waals surface area contributed by atoms with Gasteiger partial charge in [-0.3, -0.25) is 0 Å². The van der Waals surface area contributed by atoms with E-state index in [0.29, 0.717) is 11.6 Å². The summed E-state index contributed by atoms with van der Waals surface area (Å²) >= 11 is 7.27. The number of hydrogen-bond donors (Lipinski definition) is 0. The van der Waals surface area contributed by atoms with Crippen molar-refractivity contribution in [3.8, 4) is 17.5 Å². The van der Waals surface area contributed by atoms with Crippen LogP contribution >= 0.6 is 23.4 Å². The summed E-state index contributed by atoms with van der Waals surface area (Å²) in [5.74, 6) is 2.29. The van der Waals surface area contributed by atoms with Crippen LogP contribution in [0.25, 0.3) is 11.4 Å². The fourth-order valence-electron chi connectivity index (χ4n) is 1.54. The van der Waals surface area contributed by atoms with Gasteiger partial charge in [0.2, 0.25) is 0 Å². The molecule has 0 aromatic carbocycles. The molecule has 5 nitrogen and oxygen atoms in total. The van der Waals surface area contributed by atoms with Crippen molar-refractivity contribution in [3.05, 3.63) is 24.0 Å². The maximum absolute atomic E-state index is 8.85. The summed E-state index contributed by atoms with van der Waals surface area (Å²) in [4.78, 5) is 3.94. The molecule has 0 fully saturated rings. The Balaban J connectivity index is 2.23. The van der Waals surface area contributed by atoms with Gasteiger partial charge in [0.1, 0.15) is 11.8 Å². The Morgan fingerprint density at radius 1 is 1.47 bits per heavy atom. The topological polar surface area (TPSA) is 67.4 Å². The number of rotatable bonds is 5. The van der Waals surface area contributed by atoms with Crippen molar-refractivity contribution < 1.29 is 0 Å². The quantitative estimate of drug-likeness (QED) is 0.481. The van der Waals surface area contributed by atoms with Gasteiger partial charge in [-0.05, 0) is 18.6 Å². The first-order valence-electron chi connectivity index (χ1n) is 5.71. The van der Waals surface area contributed by atoms with Gasteiger partial charge in [0, 0.05) is 30.4 Å². The van der Waals surface area contributed by atoms with Crippen LogP contribution in [0.5, 0.6) is 0 Å².